The number of aliphatic hydroxyl groups is 8. The van der Waals surface area contributed by atoms with E-state index in [-0.39, 0.29) is 80.4 Å². The van der Waals surface area contributed by atoms with E-state index in [0.717, 1.165) is 0 Å². The molecule has 2 saturated heterocycles. The topological polar surface area (TPSA) is 280 Å². The number of carbonyl (C=O) groups excluding carboxylic acids is 3. The molecule has 0 aromatic heterocycles. The van der Waals surface area contributed by atoms with E-state index in [4.69, 9.17) is 28.4 Å². The summed E-state index contributed by atoms with van der Waals surface area (Å²) >= 11 is 0. The van der Waals surface area contributed by atoms with Crippen LogP contribution in [-0.4, -0.2) is 157 Å². The van der Waals surface area contributed by atoms with Gasteiger partial charge in [-0.2, -0.15) is 0 Å². The van der Waals surface area contributed by atoms with Crippen molar-refractivity contribution in [1.29, 1.82) is 0 Å². The Kier molecular flexibility index (Phi) is 15.6. The van der Waals surface area contributed by atoms with Crippen molar-refractivity contribution < 1.29 is 128 Å². The van der Waals surface area contributed by atoms with Crippen molar-refractivity contribution >= 4 is 17.8 Å². The van der Waals surface area contributed by atoms with Crippen LogP contribution in [-0.2, 0) is 38.0 Å². The van der Waals surface area contributed by atoms with Gasteiger partial charge in [-0.05, 0) is 57.2 Å². The summed E-state index contributed by atoms with van der Waals surface area (Å²) in [5, 5.41) is 92.4. The molecule has 1 amide bonds. The van der Waals surface area contributed by atoms with E-state index in [1.54, 1.807) is 85.7 Å². The predicted octanol–water partition coefficient (Wildman–Crippen LogP) is 0.454. The number of esters is 1. The summed E-state index contributed by atoms with van der Waals surface area (Å²) in [5.41, 5.74) is -6.94. The average molecular weight is 1100 g/mol. The van der Waals surface area contributed by atoms with Gasteiger partial charge in [0.05, 0.1) is 36.4 Å². The third kappa shape index (κ3) is 9.18. The SMILES string of the molecule is C=C(COC1OC(CO)C(O)C(O)C1O)OC1CC2OC[C@@]2(O)C2[C@H](C)C3(O)CC(OC(=O)C(O)C(NC(=O)OC(C)(C)C)c4ccccc4)C(C)=C(C(O)C(=O)[C@]12C)C3(C)C.[Ac]. The van der Waals surface area contributed by atoms with Crippen molar-refractivity contribution in [3.05, 3.63) is 59.4 Å². The summed E-state index contributed by atoms with van der Waals surface area (Å²) in [6.45, 7) is 15.7. The van der Waals surface area contributed by atoms with Gasteiger partial charge < -0.3 is 74.6 Å². The fourth-order valence-corrected chi connectivity index (χ4v) is 10.7. The van der Waals surface area contributed by atoms with Gasteiger partial charge in [-0.1, -0.05) is 57.7 Å². The summed E-state index contributed by atoms with van der Waals surface area (Å²) in [6, 6.07) is 6.91. The summed E-state index contributed by atoms with van der Waals surface area (Å²) in [5.74, 6) is -4.16. The molecule has 2 aliphatic heterocycles. The number of ketones is 1. The number of Topliss-reactive ketones (excluding diaryl/α,β-unsaturated/α-hetero) is 1. The van der Waals surface area contributed by atoms with Crippen LogP contribution in [0.5, 0.6) is 0 Å². The molecule has 1 aromatic rings. The number of nitrogens with one attached hydrogen (secondary N) is 1. The molecule has 6 rings (SSSR count). The zero-order valence-electron chi connectivity index (χ0n) is 37.0. The van der Waals surface area contributed by atoms with E-state index < -0.39 is 138 Å². The maximum absolute atomic E-state index is 15.1. The molecule has 18 nitrogen and oxygen atoms in total. The fraction of sp³-hybridized carbons (Fsp3) is 0.705. The second kappa shape index (κ2) is 18.9. The van der Waals surface area contributed by atoms with Crippen molar-refractivity contribution in [2.24, 2.45) is 22.7 Å². The van der Waals surface area contributed by atoms with Gasteiger partial charge in [0, 0.05) is 68.2 Å². The van der Waals surface area contributed by atoms with Gasteiger partial charge in [0.15, 0.2) is 18.2 Å². The Morgan fingerprint density at radius 3 is 2.22 bits per heavy atom. The van der Waals surface area contributed by atoms with Gasteiger partial charge in [-0.25, -0.2) is 9.59 Å². The number of hydrogen-bond donors (Lipinski definition) is 9. The standard InChI is InChI=1S/C44H63NO17.Ac/c1-20(18-57-38-34(51)33(50)30(47)25(17-46)61-38)59-26-15-27-43(55,19-58-27)35-22(3)44(56)16-24(21(2)28(41(44,7)8)31(48)36(52)42(26,35)9)60-37(53)32(49)29(23-13-11-10-12-14-23)45-39(54)62-40(4,5)6;/h10-14,22,24-27,29-35,38,46-51,55-56H,1,15-19H2,2-9H3,(H,45,54);/t22-,24?,25?,26?,27?,29?,30?,31?,32?,33?,34?,35?,38?,42+,43-,44?;/m0./s1. The quantitative estimate of drug-likeness (QED) is 0.0827. The molecule has 4 fully saturated rings. The van der Waals surface area contributed by atoms with Gasteiger partial charge in [0.2, 0.25) is 0 Å². The summed E-state index contributed by atoms with van der Waals surface area (Å²) in [6.07, 6.45) is -16.2. The smallest absolute Gasteiger partial charge is 0.408 e. The maximum Gasteiger partial charge on any atom is 0.408 e. The van der Waals surface area contributed by atoms with Gasteiger partial charge in [-0.3, -0.25) is 4.79 Å². The van der Waals surface area contributed by atoms with E-state index in [9.17, 15) is 50.4 Å². The van der Waals surface area contributed by atoms with Crippen LogP contribution < -0.4 is 5.32 Å². The fourth-order valence-electron chi connectivity index (χ4n) is 10.7. The van der Waals surface area contributed by atoms with Crippen molar-refractivity contribution in [2.75, 3.05) is 19.8 Å². The molecule has 5 aliphatic rings. The molecule has 2 bridgehead atoms. The molecule has 3 aliphatic carbocycles. The van der Waals surface area contributed by atoms with Crippen LogP contribution in [0.3, 0.4) is 0 Å². The molecule has 349 valence electrons. The third-order valence-electron chi connectivity index (χ3n) is 14.0. The molecular formula is C44H63AcNO17. The number of benzene rings is 1. The molecule has 0 spiro atoms. The second-order valence-electron chi connectivity index (χ2n) is 19.3. The van der Waals surface area contributed by atoms with Crippen LogP contribution in [0.4, 0.5) is 4.79 Å². The van der Waals surface area contributed by atoms with Crippen molar-refractivity contribution in [1.82, 2.24) is 5.32 Å². The number of amides is 1. The van der Waals surface area contributed by atoms with Crippen LogP contribution >= 0.6 is 0 Å². The van der Waals surface area contributed by atoms with Crippen LogP contribution in [0.2, 0.25) is 0 Å². The first-order valence-corrected chi connectivity index (χ1v) is 20.9. The number of hydrogen-bond acceptors (Lipinski definition) is 17. The number of carbonyl (C=O) groups is 3. The average Bonchev–Trinajstić information content (AvgIpc) is 3.19. The number of fused-ring (bicyclic) bond motifs is 5. The van der Waals surface area contributed by atoms with E-state index in [1.165, 1.54) is 0 Å². The number of alkyl carbamates (subject to hydrolysis) is 1. The van der Waals surface area contributed by atoms with Crippen molar-refractivity contribution in [2.45, 2.75) is 152 Å². The van der Waals surface area contributed by atoms with Crippen molar-refractivity contribution in [3.8, 4) is 0 Å². The Hall–Kier alpha value is -2.09. The molecule has 2 saturated carbocycles. The zero-order chi connectivity index (χ0) is 46.1. The van der Waals surface area contributed by atoms with Crippen LogP contribution in [0.1, 0.15) is 79.8 Å². The van der Waals surface area contributed by atoms with E-state index in [1.807, 2.05) is 0 Å². The Morgan fingerprint density at radius 1 is 1.02 bits per heavy atom. The maximum atomic E-state index is 15.1. The van der Waals surface area contributed by atoms with Gasteiger partial charge in [0.1, 0.15) is 66.3 Å². The Balaban J connectivity index is 0.00000748. The van der Waals surface area contributed by atoms with Crippen LogP contribution in [0.15, 0.2) is 53.8 Å². The molecule has 16 atom stereocenters. The van der Waals surface area contributed by atoms with Gasteiger partial charge >= 0.3 is 12.1 Å². The first-order valence-electron chi connectivity index (χ1n) is 20.9. The van der Waals surface area contributed by atoms with Gasteiger partial charge in [0.25, 0.3) is 0 Å². The summed E-state index contributed by atoms with van der Waals surface area (Å²) in [4.78, 5) is 42.0. The molecule has 2 heterocycles. The molecular weight excluding hydrogens is 1040 g/mol. The minimum Gasteiger partial charge on any atom is -0.492 e. The van der Waals surface area contributed by atoms with E-state index in [2.05, 4.69) is 11.9 Å². The molecule has 1 radical (unpaired) electrons. The molecule has 13 unspecified atom stereocenters. The molecule has 1 aromatic carbocycles. The first-order chi connectivity index (χ1) is 28.7. The zero-order valence-corrected chi connectivity index (χ0v) is 41.7. The largest absolute Gasteiger partial charge is 0.492 e. The first kappa shape index (κ1) is 51.9. The normalized spacial score (nSPS) is 39.4. The second-order valence-corrected chi connectivity index (χ2v) is 19.3. The van der Waals surface area contributed by atoms with E-state index in [0.29, 0.717) is 5.56 Å². The molecule has 19 heteroatoms. The Bertz CT molecular complexity index is 1910. The number of rotatable bonds is 11. The third-order valence-corrected chi connectivity index (χ3v) is 14.0. The Morgan fingerprint density at radius 2 is 1.65 bits per heavy atom. The summed E-state index contributed by atoms with van der Waals surface area (Å²) in [7, 11) is 0. The Labute approximate surface area is 402 Å². The van der Waals surface area contributed by atoms with Crippen LogP contribution in [0.25, 0.3) is 0 Å². The predicted molar refractivity (Wildman–Crippen MR) is 215 cm³/mol. The molecule has 9 N–H and O–H groups in total. The molecule has 63 heavy (non-hydrogen) atoms. The number of ether oxygens (including phenoxy) is 6. The summed E-state index contributed by atoms with van der Waals surface area (Å²) < 4.78 is 34.6. The number of aliphatic hydroxyl groups excluding tert-OH is 6. The monoisotopic (exact) mass is 1100 g/mol. The van der Waals surface area contributed by atoms with E-state index >= 15 is 4.79 Å². The van der Waals surface area contributed by atoms with Gasteiger partial charge in [-0.15, -0.1) is 0 Å². The minimum atomic E-state index is -1.98. The van der Waals surface area contributed by atoms with Crippen LogP contribution in [0, 0.1) is 66.7 Å². The minimum absolute atomic E-state index is 0. The van der Waals surface area contributed by atoms with Crippen molar-refractivity contribution in [3.63, 3.8) is 0 Å².